The number of unbranched alkanes of at least 4 members (excludes halogenated alkanes) is 1. The van der Waals surface area contributed by atoms with Crippen LogP contribution in [-0.4, -0.2) is 23.7 Å². The van der Waals surface area contributed by atoms with E-state index in [2.05, 4.69) is 48.5 Å². The maximum Gasteiger partial charge on any atom is 0.335 e. The molecule has 4 unspecified atom stereocenters. The van der Waals surface area contributed by atoms with Crippen LogP contribution in [-0.2, 0) is 14.3 Å². The highest BCUT2D eigenvalue weighted by Crippen LogP contribution is 2.72. The largest absolute Gasteiger partial charge is 0.478 e. The van der Waals surface area contributed by atoms with Gasteiger partial charge in [0.05, 0.1) is 17.8 Å². The molecule has 4 nitrogen and oxygen atoms in total. The number of hydrogen-bond donors (Lipinski definition) is 1. The number of carbonyl (C=O) groups excluding carboxylic acids is 1. The molecule has 4 heteroatoms. The van der Waals surface area contributed by atoms with E-state index in [0.29, 0.717) is 29.6 Å². The highest BCUT2D eigenvalue weighted by atomic mass is 16.5. The second kappa shape index (κ2) is 7.97. The Labute approximate surface area is 164 Å². The number of ether oxygens (including phenoxy) is 1. The SMILES string of the molecule is CCCCOC(=O)C1=C(C(=O)O)C2(CC(C)C)CC1(CC(C)C)C(C)C2C. The van der Waals surface area contributed by atoms with Gasteiger partial charge in [-0.2, -0.15) is 0 Å². The predicted octanol–water partition coefficient (Wildman–Crippen LogP) is 5.47. The normalized spacial score (nSPS) is 32.6. The number of carbonyl (C=O) groups is 2. The Hall–Kier alpha value is -1.32. The van der Waals surface area contributed by atoms with Crippen molar-refractivity contribution in [2.75, 3.05) is 6.61 Å². The van der Waals surface area contributed by atoms with Crippen molar-refractivity contribution in [2.24, 2.45) is 34.5 Å². The van der Waals surface area contributed by atoms with E-state index in [0.717, 1.165) is 32.1 Å². The standard InChI is InChI=1S/C23H38O4/c1-8-9-10-27-21(26)19-18(20(24)25)22(11-14(2)3)13-23(19,12-15(4)5)17(7)16(22)6/h14-17H,8-13H2,1-7H3,(H,24,25). The fourth-order valence-electron chi connectivity index (χ4n) is 6.16. The third-order valence-corrected chi connectivity index (χ3v) is 7.06. The topological polar surface area (TPSA) is 63.6 Å². The van der Waals surface area contributed by atoms with E-state index in [9.17, 15) is 14.7 Å². The molecule has 0 aliphatic heterocycles. The minimum absolute atomic E-state index is 0.247. The first-order valence-corrected chi connectivity index (χ1v) is 10.7. The highest BCUT2D eigenvalue weighted by Gasteiger charge is 2.69. The molecule has 0 aromatic heterocycles. The summed E-state index contributed by atoms with van der Waals surface area (Å²) in [5.41, 5.74) is 0.0578. The Kier molecular flexibility index (Phi) is 6.48. The van der Waals surface area contributed by atoms with Crippen molar-refractivity contribution in [1.82, 2.24) is 0 Å². The van der Waals surface area contributed by atoms with E-state index in [-0.39, 0.29) is 23.2 Å². The van der Waals surface area contributed by atoms with Crippen LogP contribution in [0.15, 0.2) is 11.1 Å². The molecule has 1 N–H and O–H groups in total. The third-order valence-electron chi connectivity index (χ3n) is 7.06. The maximum absolute atomic E-state index is 13.1. The minimum atomic E-state index is -0.928. The molecule has 0 heterocycles. The van der Waals surface area contributed by atoms with E-state index in [1.807, 2.05) is 0 Å². The second-order valence-corrected chi connectivity index (χ2v) is 9.81. The molecule has 27 heavy (non-hydrogen) atoms. The molecule has 0 saturated heterocycles. The molecule has 0 radical (unpaired) electrons. The summed E-state index contributed by atoms with van der Waals surface area (Å²) in [5, 5.41) is 10.2. The summed E-state index contributed by atoms with van der Waals surface area (Å²) in [6.07, 6.45) is 4.18. The van der Waals surface area contributed by atoms with Crippen LogP contribution >= 0.6 is 0 Å². The van der Waals surface area contributed by atoms with Crippen LogP contribution in [0, 0.1) is 34.5 Å². The lowest BCUT2D eigenvalue weighted by Gasteiger charge is -2.42. The van der Waals surface area contributed by atoms with Gasteiger partial charge in [0.1, 0.15) is 0 Å². The number of aliphatic carboxylic acids is 1. The number of hydrogen-bond acceptors (Lipinski definition) is 3. The van der Waals surface area contributed by atoms with Crippen LogP contribution in [0.2, 0.25) is 0 Å². The van der Waals surface area contributed by atoms with Gasteiger partial charge in [-0.3, -0.25) is 0 Å². The van der Waals surface area contributed by atoms with Gasteiger partial charge >= 0.3 is 11.9 Å². The Morgan fingerprint density at radius 2 is 1.52 bits per heavy atom. The van der Waals surface area contributed by atoms with Crippen molar-refractivity contribution in [3.8, 4) is 0 Å². The molecule has 154 valence electrons. The van der Waals surface area contributed by atoms with E-state index in [1.165, 1.54) is 0 Å². The summed E-state index contributed by atoms with van der Waals surface area (Å²) in [5.74, 6) is -0.0267. The first-order valence-electron chi connectivity index (χ1n) is 10.7. The van der Waals surface area contributed by atoms with Crippen molar-refractivity contribution in [3.63, 3.8) is 0 Å². The van der Waals surface area contributed by atoms with Crippen molar-refractivity contribution in [2.45, 2.75) is 80.6 Å². The van der Waals surface area contributed by atoms with E-state index >= 15 is 0 Å². The Balaban J connectivity index is 2.64. The summed E-state index contributed by atoms with van der Waals surface area (Å²) >= 11 is 0. The molecule has 0 aromatic rings. The number of carboxylic acid groups (broad SMARTS) is 1. The zero-order valence-electron chi connectivity index (χ0n) is 18.2. The first-order chi connectivity index (χ1) is 12.5. The zero-order chi connectivity index (χ0) is 20.6. The van der Waals surface area contributed by atoms with E-state index in [1.54, 1.807) is 0 Å². The molecule has 2 bridgehead atoms. The lowest BCUT2D eigenvalue weighted by Crippen LogP contribution is -2.40. The molecule has 2 rings (SSSR count). The summed E-state index contributed by atoms with van der Waals surface area (Å²) in [6, 6.07) is 0. The molecule has 2 aliphatic carbocycles. The molecule has 1 saturated carbocycles. The van der Waals surface area contributed by atoms with Crippen molar-refractivity contribution >= 4 is 11.9 Å². The van der Waals surface area contributed by atoms with Gasteiger partial charge in [0, 0.05) is 10.8 Å². The molecule has 0 amide bonds. The molecule has 0 spiro atoms. The first kappa shape index (κ1) is 22.0. The van der Waals surface area contributed by atoms with Gasteiger partial charge in [0.25, 0.3) is 0 Å². The van der Waals surface area contributed by atoms with Crippen molar-refractivity contribution in [1.29, 1.82) is 0 Å². The molecule has 1 fully saturated rings. The van der Waals surface area contributed by atoms with Crippen molar-refractivity contribution in [3.05, 3.63) is 11.1 Å². The highest BCUT2D eigenvalue weighted by molar-refractivity contribution is 6.03. The molecular formula is C23H38O4. The quantitative estimate of drug-likeness (QED) is 0.427. The van der Waals surface area contributed by atoms with Crippen LogP contribution in [0.25, 0.3) is 0 Å². The Bertz CT molecular complexity index is 618. The van der Waals surface area contributed by atoms with Crippen molar-refractivity contribution < 1.29 is 19.4 Å². The number of esters is 1. The number of carboxylic acids is 1. The van der Waals surface area contributed by atoms with Gasteiger partial charge in [-0.05, 0) is 49.4 Å². The summed E-state index contributed by atoms with van der Waals surface area (Å²) < 4.78 is 5.58. The average Bonchev–Trinajstić information content (AvgIpc) is 2.93. The van der Waals surface area contributed by atoms with Crippen LogP contribution in [0.1, 0.15) is 80.6 Å². The summed E-state index contributed by atoms with van der Waals surface area (Å²) in [7, 11) is 0. The minimum Gasteiger partial charge on any atom is -0.478 e. The van der Waals surface area contributed by atoms with Crippen LogP contribution in [0.4, 0.5) is 0 Å². The van der Waals surface area contributed by atoms with Crippen LogP contribution in [0.5, 0.6) is 0 Å². The Morgan fingerprint density at radius 3 is 1.93 bits per heavy atom. The molecular weight excluding hydrogens is 340 g/mol. The molecule has 2 aliphatic rings. The van der Waals surface area contributed by atoms with Gasteiger partial charge in [-0.15, -0.1) is 0 Å². The fourth-order valence-corrected chi connectivity index (χ4v) is 6.16. The predicted molar refractivity (Wildman–Crippen MR) is 107 cm³/mol. The molecule has 0 aromatic carbocycles. The van der Waals surface area contributed by atoms with Crippen LogP contribution < -0.4 is 0 Å². The van der Waals surface area contributed by atoms with E-state index in [4.69, 9.17) is 4.74 Å². The lowest BCUT2D eigenvalue weighted by atomic mass is 9.61. The van der Waals surface area contributed by atoms with Gasteiger partial charge in [0.15, 0.2) is 0 Å². The zero-order valence-corrected chi connectivity index (χ0v) is 18.2. The summed E-state index contributed by atoms with van der Waals surface area (Å²) in [4.78, 5) is 25.6. The maximum atomic E-state index is 13.1. The van der Waals surface area contributed by atoms with Gasteiger partial charge in [-0.25, -0.2) is 9.59 Å². The van der Waals surface area contributed by atoms with Gasteiger partial charge in [-0.1, -0.05) is 54.9 Å². The average molecular weight is 379 g/mol. The monoisotopic (exact) mass is 378 g/mol. The smallest absolute Gasteiger partial charge is 0.335 e. The fraction of sp³-hybridized carbons (Fsp3) is 0.826. The van der Waals surface area contributed by atoms with E-state index < -0.39 is 11.4 Å². The summed E-state index contributed by atoms with van der Waals surface area (Å²) in [6.45, 7) is 15.4. The van der Waals surface area contributed by atoms with Gasteiger partial charge < -0.3 is 9.84 Å². The Morgan fingerprint density at radius 1 is 1.04 bits per heavy atom. The number of fused-ring (bicyclic) bond motifs is 2. The van der Waals surface area contributed by atoms with Gasteiger partial charge in [0.2, 0.25) is 0 Å². The van der Waals surface area contributed by atoms with Crippen LogP contribution in [0.3, 0.4) is 0 Å². The second-order valence-electron chi connectivity index (χ2n) is 9.81. The third kappa shape index (κ3) is 3.56. The molecule has 4 atom stereocenters. The number of rotatable bonds is 9. The lowest BCUT2D eigenvalue weighted by molar-refractivity contribution is -0.142.